The Bertz CT molecular complexity index is 380. The lowest BCUT2D eigenvalue weighted by Gasteiger charge is -2.36. The van der Waals surface area contributed by atoms with Crippen molar-refractivity contribution >= 4 is 0 Å². The lowest BCUT2D eigenvalue weighted by atomic mass is 10.0. The normalized spacial score (nSPS) is 20.4. The molecule has 0 aliphatic carbocycles. The zero-order valence-electron chi connectivity index (χ0n) is 12.8. The van der Waals surface area contributed by atoms with E-state index in [0.29, 0.717) is 6.04 Å². The van der Waals surface area contributed by atoms with Crippen LogP contribution in [-0.2, 0) is 18.2 Å². The second-order valence-corrected chi connectivity index (χ2v) is 5.58. The SMILES string of the molecule is COCCNCC1CCCCN1CCc1ccnn1C. The Morgan fingerprint density at radius 3 is 3.10 bits per heavy atom. The first-order chi connectivity index (χ1) is 9.81. The molecule has 0 aromatic carbocycles. The topological polar surface area (TPSA) is 42.3 Å². The standard InChI is InChI=1S/C15H28N4O/c1-18-14(6-8-17-18)7-11-19-10-4-3-5-15(19)13-16-9-12-20-2/h6,8,15-16H,3-5,7,9-13H2,1-2H3. The van der Waals surface area contributed by atoms with Crippen LogP contribution < -0.4 is 5.32 Å². The van der Waals surface area contributed by atoms with E-state index < -0.39 is 0 Å². The van der Waals surface area contributed by atoms with Crippen molar-refractivity contribution in [1.82, 2.24) is 20.0 Å². The van der Waals surface area contributed by atoms with Gasteiger partial charge in [0.1, 0.15) is 0 Å². The van der Waals surface area contributed by atoms with Crippen LogP contribution in [0.25, 0.3) is 0 Å². The molecule has 0 saturated carbocycles. The molecule has 114 valence electrons. The maximum atomic E-state index is 5.08. The summed E-state index contributed by atoms with van der Waals surface area (Å²) in [6.45, 7) is 5.18. The molecule has 2 heterocycles. The molecule has 0 radical (unpaired) electrons. The zero-order valence-corrected chi connectivity index (χ0v) is 12.8. The van der Waals surface area contributed by atoms with E-state index in [1.807, 2.05) is 17.9 Å². The van der Waals surface area contributed by atoms with Gasteiger partial charge in [0.2, 0.25) is 0 Å². The van der Waals surface area contributed by atoms with Crippen LogP contribution in [0.1, 0.15) is 25.0 Å². The van der Waals surface area contributed by atoms with Crippen LogP contribution in [0.3, 0.4) is 0 Å². The second-order valence-electron chi connectivity index (χ2n) is 5.58. The number of hydrogen-bond acceptors (Lipinski definition) is 4. The summed E-state index contributed by atoms with van der Waals surface area (Å²) >= 11 is 0. The number of piperidine rings is 1. The molecule has 0 amide bonds. The highest BCUT2D eigenvalue weighted by molar-refractivity contribution is 5.00. The van der Waals surface area contributed by atoms with Crippen LogP contribution in [0.2, 0.25) is 0 Å². The van der Waals surface area contributed by atoms with E-state index in [4.69, 9.17) is 4.74 Å². The van der Waals surface area contributed by atoms with Gasteiger partial charge >= 0.3 is 0 Å². The highest BCUT2D eigenvalue weighted by Crippen LogP contribution is 2.17. The minimum atomic E-state index is 0.675. The van der Waals surface area contributed by atoms with Crippen molar-refractivity contribution in [2.45, 2.75) is 31.7 Å². The minimum absolute atomic E-state index is 0.675. The molecular formula is C15H28N4O. The summed E-state index contributed by atoms with van der Waals surface area (Å²) in [6.07, 6.45) is 6.98. The Morgan fingerprint density at radius 2 is 2.35 bits per heavy atom. The Kier molecular flexibility index (Phi) is 6.50. The average molecular weight is 280 g/mol. The predicted octanol–water partition coefficient (Wildman–Crippen LogP) is 1.05. The van der Waals surface area contributed by atoms with Crippen molar-refractivity contribution in [3.05, 3.63) is 18.0 Å². The average Bonchev–Trinajstić information content (AvgIpc) is 2.88. The number of rotatable bonds is 8. The Labute approximate surface area is 122 Å². The van der Waals surface area contributed by atoms with Crippen molar-refractivity contribution < 1.29 is 4.74 Å². The fraction of sp³-hybridized carbons (Fsp3) is 0.800. The van der Waals surface area contributed by atoms with Crippen LogP contribution >= 0.6 is 0 Å². The first-order valence-electron chi connectivity index (χ1n) is 7.72. The van der Waals surface area contributed by atoms with E-state index in [9.17, 15) is 0 Å². The van der Waals surface area contributed by atoms with E-state index in [0.717, 1.165) is 32.7 Å². The maximum Gasteiger partial charge on any atom is 0.0587 e. The molecule has 1 atom stereocenters. The van der Waals surface area contributed by atoms with Gasteiger partial charge in [0.05, 0.1) is 6.61 Å². The lowest BCUT2D eigenvalue weighted by Crippen LogP contribution is -2.46. The molecule has 5 nitrogen and oxygen atoms in total. The van der Waals surface area contributed by atoms with Crippen molar-refractivity contribution in [2.75, 3.05) is 39.9 Å². The predicted molar refractivity (Wildman–Crippen MR) is 80.9 cm³/mol. The summed E-state index contributed by atoms with van der Waals surface area (Å²) in [4.78, 5) is 2.64. The maximum absolute atomic E-state index is 5.08. The largest absolute Gasteiger partial charge is 0.383 e. The van der Waals surface area contributed by atoms with Crippen molar-refractivity contribution in [2.24, 2.45) is 7.05 Å². The number of aryl methyl sites for hydroxylation is 1. The molecule has 2 rings (SSSR count). The highest BCUT2D eigenvalue weighted by Gasteiger charge is 2.21. The van der Waals surface area contributed by atoms with E-state index in [-0.39, 0.29) is 0 Å². The van der Waals surface area contributed by atoms with Gasteiger partial charge in [-0.1, -0.05) is 6.42 Å². The third kappa shape index (κ3) is 4.58. The summed E-state index contributed by atoms with van der Waals surface area (Å²) in [5.74, 6) is 0. The van der Waals surface area contributed by atoms with Crippen LogP contribution in [0.5, 0.6) is 0 Å². The van der Waals surface area contributed by atoms with Crippen LogP contribution in [0.4, 0.5) is 0 Å². The third-order valence-electron chi connectivity index (χ3n) is 4.19. The summed E-state index contributed by atoms with van der Waals surface area (Å²) in [7, 11) is 3.78. The molecule has 0 spiro atoms. The van der Waals surface area contributed by atoms with Gasteiger partial charge in [0.25, 0.3) is 0 Å². The van der Waals surface area contributed by atoms with Gasteiger partial charge in [-0.25, -0.2) is 0 Å². The summed E-state index contributed by atoms with van der Waals surface area (Å²) in [5.41, 5.74) is 1.32. The number of ether oxygens (including phenoxy) is 1. The smallest absolute Gasteiger partial charge is 0.0587 e. The van der Waals surface area contributed by atoms with Gasteiger partial charge < -0.3 is 10.1 Å². The number of hydrogen-bond donors (Lipinski definition) is 1. The van der Waals surface area contributed by atoms with Crippen molar-refractivity contribution in [1.29, 1.82) is 0 Å². The molecule has 1 unspecified atom stereocenters. The molecule has 1 aliphatic rings. The highest BCUT2D eigenvalue weighted by atomic mass is 16.5. The van der Waals surface area contributed by atoms with Crippen LogP contribution in [-0.4, -0.2) is 60.6 Å². The van der Waals surface area contributed by atoms with Gasteiger partial charge in [0.15, 0.2) is 0 Å². The summed E-state index contributed by atoms with van der Waals surface area (Å²) < 4.78 is 7.06. The molecule has 20 heavy (non-hydrogen) atoms. The number of nitrogens with one attached hydrogen (secondary N) is 1. The van der Waals surface area contributed by atoms with Crippen LogP contribution in [0, 0.1) is 0 Å². The Morgan fingerprint density at radius 1 is 1.45 bits per heavy atom. The Hall–Kier alpha value is -0.910. The fourth-order valence-electron chi connectivity index (χ4n) is 2.93. The third-order valence-corrected chi connectivity index (χ3v) is 4.19. The molecule has 0 bridgehead atoms. The van der Waals surface area contributed by atoms with Crippen molar-refractivity contribution in [3.63, 3.8) is 0 Å². The zero-order chi connectivity index (χ0) is 14.2. The fourth-order valence-corrected chi connectivity index (χ4v) is 2.93. The molecular weight excluding hydrogens is 252 g/mol. The minimum Gasteiger partial charge on any atom is -0.383 e. The molecule has 1 saturated heterocycles. The van der Waals surface area contributed by atoms with Crippen LogP contribution in [0.15, 0.2) is 12.3 Å². The van der Waals surface area contributed by atoms with Gasteiger partial charge in [-0.3, -0.25) is 9.58 Å². The first-order valence-corrected chi connectivity index (χ1v) is 7.72. The lowest BCUT2D eigenvalue weighted by molar-refractivity contribution is 0.141. The van der Waals surface area contributed by atoms with E-state index in [1.165, 1.54) is 31.5 Å². The monoisotopic (exact) mass is 280 g/mol. The van der Waals surface area contributed by atoms with Gasteiger partial charge in [0, 0.05) is 58.1 Å². The first kappa shape index (κ1) is 15.5. The number of likely N-dealkylation sites (tertiary alicyclic amines) is 1. The Balaban J connectivity index is 1.76. The van der Waals surface area contributed by atoms with Gasteiger partial charge in [-0.05, 0) is 25.5 Å². The molecule has 1 fully saturated rings. The van der Waals surface area contributed by atoms with Gasteiger partial charge in [-0.2, -0.15) is 5.10 Å². The second kappa shape index (κ2) is 8.39. The van der Waals surface area contributed by atoms with E-state index >= 15 is 0 Å². The van der Waals surface area contributed by atoms with E-state index in [2.05, 4.69) is 21.4 Å². The number of methoxy groups -OCH3 is 1. The molecule has 1 N–H and O–H groups in total. The quantitative estimate of drug-likeness (QED) is 0.723. The van der Waals surface area contributed by atoms with E-state index in [1.54, 1.807) is 7.11 Å². The summed E-state index contributed by atoms with van der Waals surface area (Å²) in [5, 5.41) is 7.75. The molecule has 1 aromatic rings. The van der Waals surface area contributed by atoms with Crippen molar-refractivity contribution in [3.8, 4) is 0 Å². The molecule has 5 heteroatoms. The molecule has 1 aromatic heterocycles. The number of nitrogens with zero attached hydrogens (tertiary/aromatic N) is 3. The molecule has 1 aliphatic heterocycles. The summed E-state index contributed by atoms with van der Waals surface area (Å²) in [6, 6.07) is 2.80. The number of aromatic nitrogens is 2. The van der Waals surface area contributed by atoms with Gasteiger partial charge in [-0.15, -0.1) is 0 Å².